The van der Waals surface area contributed by atoms with E-state index in [1.807, 2.05) is 31.3 Å². The second-order valence-electron chi connectivity index (χ2n) is 7.68. The van der Waals surface area contributed by atoms with Crippen molar-refractivity contribution in [3.8, 4) is 16.9 Å². The predicted octanol–water partition coefficient (Wildman–Crippen LogP) is 3.04. The molecule has 30 heavy (non-hydrogen) atoms. The van der Waals surface area contributed by atoms with Crippen LogP contribution in [0.3, 0.4) is 0 Å². The Labute approximate surface area is 173 Å². The topological polar surface area (TPSA) is 83.6 Å². The van der Waals surface area contributed by atoms with Crippen molar-refractivity contribution in [2.45, 2.75) is 26.8 Å². The quantitative estimate of drug-likeness (QED) is 0.558. The van der Waals surface area contributed by atoms with E-state index in [1.54, 1.807) is 19.1 Å². The van der Waals surface area contributed by atoms with Gasteiger partial charge in [0.1, 0.15) is 5.75 Å². The number of rotatable bonds is 2. The van der Waals surface area contributed by atoms with Crippen LogP contribution in [0.4, 0.5) is 5.82 Å². The third-order valence-electron chi connectivity index (χ3n) is 5.50. The van der Waals surface area contributed by atoms with Crippen LogP contribution in [0.1, 0.15) is 22.5 Å². The first-order valence-electron chi connectivity index (χ1n) is 9.89. The van der Waals surface area contributed by atoms with E-state index in [2.05, 4.69) is 26.0 Å². The molecule has 0 bridgehead atoms. The van der Waals surface area contributed by atoms with Crippen molar-refractivity contribution in [2.75, 3.05) is 11.4 Å². The van der Waals surface area contributed by atoms with Gasteiger partial charge in [0.15, 0.2) is 11.5 Å². The maximum Gasteiger partial charge on any atom is 0.274 e. The molecule has 0 amide bonds. The first-order chi connectivity index (χ1) is 14.5. The average Bonchev–Trinajstić information content (AvgIpc) is 2.73. The molecule has 7 nitrogen and oxygen atoms in total. The van der Waals surface area contributed by atoms with Crippen LogP contribution in [0.15, 0.2) is 53.5 Å². The molecule has 4 aromatic rings. The van der Waals surface area contributed by atoms with Gasteiger partial charge in [-0.2, -0.15) is 4.52 Å². The molecule has 3 aromatic heterocycles. The molecule has 1 N–H and O–H groups in total. The summed E-state index contributed by atoms with van der Waals surface area (Å²) >= 11 is 0. The van der Waals surface area contributed by atoms with E-state index in [0.29, 0.717) is 17.9 Å². The lowest BCUT2D eigenvalue weighted by molar-refractivity contribution is 0.477. The van der Waals surface area contributed by atoms with Crippen LogP contribution in [0, 0.1) is 13.8 Å². The van der Waals surface area contributed by atoms with E-state index in [-0.39, 0.29) is 11.3 Å². The molecule has 0 saturated carbocycles. The molecule has 1 aromatic carbocycles. The highest BCUT2D eigenvalue weighted by Gasteiger charge is 2.22. The Balaban J connectivity index is 1.54. The fourth-order valence-electron chi connectivity index (χ4n) is 4.02. The fourth-order valence-corrected chi connectivity index (χ4v) is 4.02. The van der Waals surface area contributed by atoms with Crippen LogP contribution < -0.4 is 10.5 Å². The largest absolute Gasteiger partial charge is 0.507 e. The van der Waals surface area contributed by atoms with Crippen molar-refractivity contribution < 1.29 is 5.11 Å². The summed E-state index contributed by atoms with van der Waals surface area (Å²) in [5.74, 6) is 1.01. The van der Waals surface area contributed by atoms with E-state index in [0.717, 1.165) is 46.7 Å². The van der Waals surface area contributed by atoms with Crippen LogP contribution >= 0.6 is 0 Å². The maximum absolute atomic E-state index is 12.4. The molecule has 0 spiro atoms. The maximum atomic E-state index is 12.4. The van der Waals surface area contributed by atoms with E-state index in [1.165, 1.54) is 10.6 Å². The number of nitrogens with zero attached hydrogens (tertiary/aromatic N) is 5. The van der Waals surface area contributed by atoms with Crippen molar-refractivity contribution in [3.63, 3.8) is 0 Å². The highest BCUT2D eigenvalue weighted by Crippen LogP contribution is 2.31. The summed E-state index contributed by atoms with van der Waals surface area (Å²) in [7, 11) is 0. The molecule has 0 saturated heterocycles. The van der Waals surface area contributed by atoms with Gasteiger partial charge in [0.2, 0.25) is 0 Å². The van der Waals surface area contributed by atoms with Gasteiger partial charge in [-0.3, -0.25) is 9.78 Å². The third-order valence-corrected chi connectivity index (χ3v) is 5.50. The Bertz CT molecular complexity index is 1350. The van der Waals surface area contributed by atoms with Crippen LogP contribution in [-0.4, -0.2) is 31.2 Å². The van der Waals surface area contributed by atoms with Crippen molar-refractivity contribution in [1.82, 2.24) is 19.6 Å². The van der Waals surface area contributed by atoms with Crippen LogP contribution in [-0.2, 0) is 13.0 Å². The molecule has 1 aliphatic rings. The Hall–Kier alpha value is -3.74. The minimum absolute atomic E-state index is 0.181. The highest BCUT2D eigenvalue weighted by molar-refractivity contribution is 5.70. The van der Waals surface area contributed by atoms with Crippen LogP contribution in [0.2, 0.25) is 0 Å². The first kappa shape index (κ1) is 18.3. The summed E-state index contributed by atoms with van der Waals surface area (Å²) < 4.78 is 1.36. The van der Waals surface area contributed by atoms with Crippen molar-refractivity contribution in [2.24, 2.45) is 0 Å². The van der Waals surface area contributed by atoms with E-state index < -0.39 is 0 Å². The Morgan fingerprint density at radius 2 is 1.93 bits per heavy atom. The van der Waals surface area contributed by atoms with Crippen LogP contribution in [0.5, 0.6) is 5.75 Å². The zero-order valence-electron chi connectivity index (χ0n) is 16.8. The number of pyridine rings is 1. The van der Waals surface area contributed by atoms with E-state index >= 15 is 0 Å². The number of hydrogen-bond donors (Lipinski definition) is 1. The Morgan fingerprint density at radius 3 is 2.77 bits per heavy atom. The number of aromatic hydroxyl groups is 1. The van der Waals surface area contributed by atoms with Gasteiger partial charge in [-0.05, 0) is 43.2 Å². The lowest BCUT2D eigenvalue weighted by Crippen LogP contribution is -2.33. The minimum Gasteiger partial charge on any atom is -0.507 e. The normalized spacial score (nSPS) is 13.5. The third kappa shape index (κ3) is 3.08. The molecule has 150 valence electrons. The summed E-state index contributed by atoms with van der Waals surface area (Å²) in [5.41, 5.74) is 5.83. The summed E-state index contributed by atoms with van der Waals surface area (Å²) in [4.78, 5) is 23.6. The van der Waals surface area contributed by atoms with Gasteiger partial charge >= 0.3 is 0 Å². The van der Waals surface area contributed by atoms with E-state index in [4.69, 9.17) is 0 Å². The van der Waals surface area contributed by atoms with Gasteiger partial charge < -0.3 is 10.0 Å². The van der Waals surface area contributed by atoms with Gasteiger partial charge in [-0.1, -0.05) is 18.2 Å². The van der Waals surface area contributed by atoms with Gasteiger partial charge in [-0.25, -0.2) is 4.98 Å². The number of benzene rings is 1. The number of fused-ring (bicyclic) bond motifs is 2. The molecule has 0 radical (unpaired) electrons. The van der Waals surface area contributed by atoms with Crippen molar-refractivity contribution in [3.05, 3.63) is 81.5 Å². The highest BCUT2D eigenvalue weighted by atomic mass is 16.3. The average molecular weight is 399 g/mol. The molecule has 0 aliphatic carbocycles. The number of phenols is 1. The smallest absolute Gasteiger partial charge is 0.274 e. The molecule has 5 rings (SSSR count). The molecular formula is C23H21N5O2. The molecule has 0 atom stereocenters. The second-order valence-corrected chi connectivity index (χ2v) is 7.68. The Morgan fingerprint density at radius 1 is 1.10 bits per heavy atom. The molecule has 7 heteroatoms. The monoisotopic (exact) mass is 399 g/mol. The fraction of sp³-hybridized carbons (Fsp3) is 0.217. The summed E-state index contributed by atoms with van der Waals surface area (Å²) in [6.07, 6.45) is 2.60. The standard InChI is InChI=1S/C23H21N5O2/c1-14-9-21-25-15(2)10-22(30)28(21)26-23(14)27-8-7-19-17(13-27)11-16(12-24-19)18-5-3-4-6-20(18)29/h3-6,9-12,29H,7-8,13H2,1-2H3. The second kappa shape index (κ2) is 6.95. The molecule has 0 unspecified atom stereocenters. The Kier molecular flexibility index (Phi) is 4.24. The number of phenolic OH excluding ortho intramolecular Hbond substituents is 1. The number of aryl methyl sites for hydroxylation is 2. The molecule has 4 heterocycles. The van der Waals surface area contributed by atoms with Gasteiger partial charge in [0, 0.05) is 54.3 Å². The van der Waals surface area contributed by atoms with Crippen molar-refractivity contribution in [1.29, 1.82) is 0 Å². The van der Waals surface area contributed by atoms with Gasteiger partial charge in [0.25, 0.3) is 5.56 Å². The van der Waals surface area contributed by atoms with Gasteiger partial charge in [-0.15, -0.1) is 5.10 Å². The summed E-state index contributed by atoms with van der Waals surface area (Å²) in [5, 5.41) is 14.8. The predicted molar refractivity (Wildman–Crippen MR) is 115 cm³/mol. The number of anilines is 1. The number of hydrogen-bond acceptors (Lipinski definition) is 6. The molecule has 1 aliphatic heterocycles. The SMILES string of the molecule is Cc1cc(=O)n2nc(N3CCc4ncc(-c5ccccc5O)cc4C3)c(C)cc2n1. The van der Waals surface area contributed by atoms with Crippen molar-refractivity contribution >= 4 is 11.5 Å². The zero-order chi connectivity index (χ0) is 20.8. The summed E-state index contributed by atoms with van der Waals surface area (Å²) in [6, 6.07) is 12.7. The lowest BCUT2D eigenvalue weighted by Gasteiger charge is -2.30. The molecule has 0 fully saturated rings. The zero-order valence-corrected chi connectivity index (χ0v) is 16.8. The number of aromatic nitrogens is 4. The number of para-hydroxylation sites is 1. The first-order valence-corrected chi connectivity index (χ1v) is 9.89. The lowest BCUT2D eigenvalue weighted by atomic mass is 9.99. The van der Waals surface area contributed by atoms with Crippen LogP contribution in [0.25, 0.3) is 16.8 Å². The summed E-state index contributed by atoms with van der Waals surface area (Å²) in [6.45, 7) is 5.20. The van der Waals surface area contributed by atoms with Gasteiger partial charge in [0.05, 0.1) is 0 Å². The minimum atomic E-state index is -0.181. The van der Waals surface area contributed by atoms with E-state index in [9.17, 15) is 9.90 Å². The molecular weight excluding hydrogens is 378 g/mol.